The first-order chi connectivity index (χ1) is 13.8. The molecule has 2 aliphatic rings. The SMILES string of the molecule is CC(C)O[C@@H]1O[C@H](CO)[C@@H](O)[C@H](O)[C@H]1N.CC(C)O[C@H]1[C@H](N)[C@@H](O)[C@H](O)[C@]1(O)CO. The van der Waals surface area contributed by atoms with Crippen LogP contribution in [0.15, 0.2) is 0 Å². The predicted molar refractivity (Wildman–Crippen MR) is 104 cm³/mol. The smallest absolute Gasteiger partial charge is 0.176 e. The standard InChI is InChI=1S/2C9H19NO5/c1-4(2)15-8-5(10)6(12)7(13)9(8,14)3-11;1-4(2)14-9-6(10)8(13)7(12)5(3-11)15-9/h4-8,11-14H,3,10H2,1-2H3;4-9,11-13H,3,10H2,1-2H3/t5-,6-,7+,8+,9-;5-,6-,7-,8-,9-/m11/s1. The summed E-state index contributed by atoms with van der Waals surface area (Å²) < 4.78 is 15.9. The first kappa shape index (κ1) is 27.6. The number of aliphatic hydroxyl groups excluding tert-OH is 6. The van der Waals surface area contributed by atoms with E-state index in [0.717, 1.165) is 0 Å². The van der Waals surface area contributed by atoms with E-state index in [1.807, 2.05) is 0 Å². The fourth-order valence-corrected chi connectivity index (χ4v) is 3.37. The molecule has 0 radical (unpaired) electrons. The van der Waals surface area contributed by atoms with Gasteiger partial charge in [0.15, 0.2) is 6.29 Å². The predicted octanol–water partition coefficient (Wildman–Crippen LogP) is -4.26. The van der Waals surface area contributed by atoms with Crippen LogP contribution >= 0.6 is 0 Å². The zero-order valence-corrected chi connectivity index (χ0v) is 17.8. The van der Waals surface area contributed by atoms with Crippen molar-refractivity contribution in [1.82, 2.24) is 0 Å². The van der Waals surface area contributed by atoms with Crippen LogP contribution in [0, 0.1) is 0 Å². The third-order valence-corrected chi connectivity index (χ3v) is 5.08. The highest BCUT2D eigenvalue weighted by Crippen LogP contribution is 2.33. The molecule has 10 atom stereocenters. The van der Waals surface area contributed by atoms with Crippen LogP contribution < -0.4 is 11.5 Å². The molecule has 30 heavy (non-hydrogen) atoms. The molecule has 1 aliphatic carbocycles. The molecule has 0 spiro atoms. The van der Waals surface area contributed by atoms with E-state index >= 15 is 0 Å². The average Bonchev–Trinajstić information content (AvgIpc) is 2.84. The maximum Gasteiger partial charge on any atom is 0.176 e. The molecule has 0 aromatic rings. The van der Waals surface area contributed by atoms with E-state index in [1.54, 1.807) is 27.7 Å². The lowest BCUT2D eigenvalue weighted by molar-refractivity contribution is -0.274. The molecule has 2 rings (SSSR count). The van der Waals surface area contributed by atoms with Gasteiger partial charge in [-0.2, -0.15) is 0 Å². The summed E-state index contributed by atoms with van der Waals surface area (Å²) in [5, 5.41) is 66.1. The monoisotopic (exact) mass is 442 g/mol. The summed E-state index contributed by atoms with van der Waals surface area (Å²) in [6, 6.07) is -1.73. The molecule has 1 saturated heterocycles. The van der Waals surface area contributed by atoms with E-state index in [4.69, 9.17) is 35.9 Å². The van der Waals surface area contributed by atoms with Crippen LogP contribution in [-0.2, 0) is 14.2 Å². The lowest BCUT2D eigenvalue weighted by atomic mass is 9.98. The second-order valence-corrected chi connectivity index (χ2v) is 8.24. The minimum Gasteiger partial charge on any atom is -0.394 e. The maximum atomic E-state index is 9.95. The van der Waals surface area contributed by atoms with Crippen molar-refractivity contribution in [2.75, 3.05) is 13.2 Å². The summed E-state index contributed by atoms with van der Waals surface area (Å²) in [6.45, 7) is 5.99. The van der Waals surface area contributed by atoms with Gasteiger partial charge in [-0.05, 0) is 27.7 Å². The number of hydrogen-bond acceptors (Lipinski definition) is 12. The molecule has 2 fully saturated rings. The molecule has 0 aromatic heterocycles. The van der Waals surface area contributed by atoms with Gasteiger partial charge in [-0.15, -0.1) is 0 Å². The van der Waals surface area contributed by atoms with Gasteiger partial charge in [-0.3, -0.25) is 0 Å². The molecule has 12 heteroatoms. The van der Waals surface area contributed by atoms with Crippen molar-refractivity contribution >= 4 is 0 Å². The molecule has 1 aliphatic heterocycles. The Bertz CT molecular complexity index is 511. The van der Waals surface area contributed by atoms with Crippen molar-refractivity contribution in [3.63, 3.8) is 0 Å². The number of nitrogens with two attached hydrogens (primary N) is 2. The van der Waals surface area contributed by atoms with Crippen LogP contribution in [0.1, 0.15) is 27.7 Å². The second-order valence-electron chi connectivity index (χ2n) is 8.24. The lowest BCUT2D eigenvalue weighted by Gasteiger charge is -2.40. The first-order valence-electron chi connectivity index (χ1n) is 9.95. The number of aliphatic hydroxyl groups is 7. The molecular formula is C18H38N2O10. The van der Waals surface area contributed by atoms with Crippen LogP contribution in [-0.4, -0.2) is 122 Å². The van der Waals surface area contributed by atoms with Gasteiger partial charge in [0, 0.05) is 0 Å². The van der Waals surface area contributed by atoms with Gasteiger partial charge in [-0.1, -0.05) is 0 Å². The lowest BCUT2D eigenvalue weighted by Crippen LogP contribution is -2.62. The molecular weight excluding hydrogens is 404 g/mol. The normalized spacial score (nSPS) is 44.3. The Labute approximate surface area is 176 Å². The highest BCUT2D eigenvalue weighted by molar-refractivity contribution is 5.12. The van der Waals surface area contributed by atoms with E-state index in [-0.39, 0.29) is 18.8 Å². The Hall–Kier alpha value is -0.480. The van der Waals surface area contributed by atoms with Crippen molar-refractivity contribution in [3.05, 3.63) is 0 Å². The molecule has 0 unspecified atom stereocenters. The summed E-state index contributed by atoms with van der Waals surface area (Å²) in [7, 11) is 0. The first-order valence-corrected chi connectivity index (χ1v) is 9.95. The third-order valence-electron chi connectivity index (χ3n) is 5.08. The largest absolute Gasteiger partial charge is 0.394 e. The molecule has 1 heterocycles. The van der Waals surface area contributed by atoms with Crippen LogP contribution in [0.5, 0.6) is 0 Å². The van der Waals surface area contributed by atoms with Crippen molar-refractivity contribution in [3.8, 4) is 0 Å². The minimum atomic E-state index is -1.90. The summed E-state index contributed by atoms with van der Waals surface area (Å²) in [5.41, 5.74) is 9.34. The van der Waals surface area contributed by atoms with E-state index < -0.39 is 67.2 Å². The second kappa shape index (κ2) is 11.4. The molecule has 12 nitrogen and oxygen atoms in total. The Morgan fingerprint density at radius 2 is 1.40 bits per heavy atom. The Balaban J connectivity index is 0.000000300. The van der Waals surface area contributed by atoms with Gasteiger partial charge in [-0.25, -0.2) is 0 Å². The van der Waals surface area contributed by atoms with Crippen molar-refractivity contribution in [1.29, 1.82) is 0 Å². The summed E-state index contributed by atoms with van der Waals surface area (Å²) >= 11 is 0. The van der Waals surface area contributed by atoms with Crippen LogP contribution in [0.2, 0.25) is 0 Å². The minimum absolute atomic E-state index is 0.108. The highest BCUT2D eigenvalue weighted by Gasteiger charge is 2.59. The van der Waals surface area contributed by atoms with Gasteiger partial charge in [0.05, 0.1) is 37.5 Å². The van der Waals surface area contributed by atoms with E-state index in [1.165, 1.54) is 0 Å². The fraction of sp³-hybridized carbons (Fsp3) is 1.00. The Morgan fingerprint density at radius 1 is 0.867 bits per heavy atom. The van der Waals surface area contributed by atoms with E-state index in [2.05, 4.69) is 0 Å². The maximum absolute atomic E-state index is 9.95. The third kappa shape index (κ3) is 6.06. The number of ether oxygens (including phenoxy) is 3. The van der Waals surface area contributed by atoms with Crippen LogP contribution in [0.4, 0.5) is 0 Å². The van der Waals surface area contributed by atoms with Crippen LogP contribution in [0.3, 0.4) is 0 Å². The Morgan fingerprint density at radius 3 is 1.83 bits per heavy atom. The van der Waals surface area contributed by atoms with Crippen molar-refractivity contribution < 1.29 is 50.0 Å². The van der Waals surface area contributed by atoms with Gasteiger partial charge in [0.2, 0.25) is 0 Å². The molecule has 0 amide bonds. The van der Waals surface area contributed by atoms with Crippen molar-refractivity contribution in [2.45, 2.75) is 101 Å². The van der Waals surface area contributed by atoms with Crippen LogP contribution in [0.25, 0.3) is 0 Å². The van der Waals surface area contributed by atoms with Gasteiger partial charge in [0.25, 0.3) is 0 Å². The highest BCUT2D eigenvalue weighted by atomic mass is 16.7. The summed E-state index contributed by atoms with van der Waals surface area (Å²) in [4.78, 5) is 0. The fourth-order valence-electron chi connectivity index (χ4n) is 3.37. The molecule has 180 valence electrons. The number of rotatable bonds is 6. The molecule has 0 bridgehead atoms. The van der Waals surface area contributed by atoms with E-state index in [0.29, 0.717) is 0 Å². The average molecular weight is 443 g/mol. The summed E-state index contributed by atoms with van der Waals surface area (Å²) in [6.07, 6.45) is -8.11. The van der Waals surface area contributed by atoms with Gasteiger partial charge >= 0.3 is 0 Å². The van der Waals surface area contributed by atoms with Gasteiger partial charge < -0.3 is 61.4 Å². The quantitative estimate of drug-likeness (QED) is 0.191. The zero-order chi connectivity index (χ0) is 23.4. The van der Waals surface area contributed by atoms with Crippen molar-refractivity contribution in [2.24, 2.45) is 11.5 Å². The summed E-state index contributed by atoms with van der Waals surface area (Å²) in [5.74, 6) is 0. The van der Waals surface area contributed by atoms with Gasteiger partial charge in [0.1, 0.15) is 42.2 Å². The molecule has 11 N–H and O–H groups in total. The Kier molecular flexibility index (Phi) is 10.5. The number of hydrogen-bond donors (Lipinski definition) is 9. The van der Waals surface area contributed by atoms with E-state index in [9.17, 15) is 25.5 Å². The molecule has 1 saturated carbocycles. The zero-order valence-electron chi connectivity index (χ0n) is 17.8. The molecule has 0 aromatic carbocycles. The topological polar surface area (TPSA) is 221 Å².